The zero-order valence-corrected chi connectivity index (χ0v) is 35.6. The lowest BCUT2D eigenvalue weighted by Crippen LogP contribution is -2.62. The third-order valence-corrected chi connectivity index (χ3v) is 14.2. The molecule has 0 aliphatic carbocycles. The van der Waals surface area contributed by atoms with Gasteiger partial charge in [-0.1, -0.05) is 78.8 Å². The van der Waals surface area contributed by atoms with Crippen molar-refractivity contribution in [1.29, 1.82) is 0 Å². The Morgan fingerprint density at radius 3 is 1.73 bits per heavy atom. The Bertz CT molecular complexity index is 1200. The third kappa shape index (κ3) is 9.71. The van der Waals surface area contributed by atoms with Crippen LogP contribution in [0.1, 0.15) is 74.8 Å². The molecule has 290 valence electrons. The maximum absolute atomic E-state index is 11.9. The molecule has 11 nitrogen and oxygen atoms in total. The molecule has 5 rings (SSSR count). The maximum atomic E-state index is 11.9. The molecule has 4 heterocycles. The van der Waals surface area contributed by atoms with E-state index in [0.717, 1.165) is 5.56 Å². The Hall–Kier alpha value is 0.0425. The summed E-state index contributed by atoms with van der Waals surface area (Å²) >= 11 is 1.37. The van der Waals surface area contributed by atoms with Crippen LogP contribution >= 0.6 is 20.3 Å². The first-order valence-corrected chi connectivity index (χ1v) is 24.7. The molecule has 0 radical (unpaired) electrons. The van der Waals surface area contributed by atoms with Gasteiger partial charge in [0, 0.05) is 17.8 Å². The largest absolute Gasteiger partial charge is 0.527 e. The number of hydrogen-bond acceptors (Lipinski definition) is 11. The highest BCUT2D eigenvalue weighted by Gasteiger charge is 2.52. The lowest BCUT2D eigenvalue weighted by Gasteiger charge is -2.51. The molecule has 51 heavy (non-hydrogen) atoms. The number of ether oxygens (including phenoxy) is 8. The Morgan fingerprint density at radius 1 is 0.569 bits per heavy atom. The van der Waals surface area contributed by atoms with Gasteiger partial charge in [-0.15, -0.1) is 0 Å². The van der Waals surface area contributed by atoms with E-state index in [0.29, 0.717) is 19.1 Å². The molecule has 20 atom stereocenters. The first-order chi connectivity index (χ1) is 24.2. The molecule has 4 saturated heterocycles. The lowest BCUT2D eigenvalue weighted by molar-refractivity contribution is -0.376. The third-order valence-electron chi connectivity index (χ3n) is 12.6. The summed E-state index contributed by atoms with van der Waals surface area (Å²) in [6, 6.07) is 10.1. The number of aliphatic hydroxyl groups is 2. The minimum Gasteiger partial charge on any atom is -0.470 e. The molecular weight excluding hydrogens is 786 g/mol. The molecule has 0 amide bonds. The van der Waals surface area contributed by atoms with E-state index in [-0.39, 0.29) is 59.9 Å². The Balaban J connectivity index is 1.29. The summed E-state index contributed by atoms with van der Waals surface area (Å²) in [5, 5.41) is 23.2. The molecule has 13 heteroatoms. The van der Waals surface area contributed by atoms with E-state index in [2.05, 4.69) is 67.0 Å². The Labute approximate surface area is 322 Å². The molecule has 0 saturated carbocycles. The van der Waals surface area contributed by atoms with E-state index in [4.69, 9.17) is 41.7 Å². The molecule has 4 aliphatic heterocycles. The minimum absolute atomic E-state index is 0.0113. The Morgan fingerprint density at radius 2 is 1.10 bits per heavy atom. The van der Waals surface area contributed by atoms with Gasteiger partial charge in [0.05, 0.1) is 49.8 Å². The first-order valence-electron chi connectivity index (χ1n) is 19.0. The topological polar surface area (TPSA) is 124 Å². The van der Waals surface area contributed by atoms with E-state index >= 15 is 0 Å². The highest BCUT2D eigenvalue weighted by atomic mass is 127. The van der Waals surface area contributed by atoms with Crippen LogP contribution in [0.25, 0.3) is 0 Å². The monoisotopic (exact) mass is 848 g/mol. The molecule has 1 aromatic rings. The second kappa shape index (κ2) is 18.8. The van der Waals surface area contributed by atoms with Crippen molar-refractivity contribution < 1.29 is 51.9 Å². The van der Waals surface area contributed by atoms with Gasteiger partial charge in [0.25, 0.3) is 0 Å². The molecular formula is C38H62AlIO11. The SMILES string of the molecule is CC1C(C)[C@H](C)[C@H](COCc2ccccc2)O[C@@H]1O[C@@H]1C(O)[C@H](OC2[C@H](O[C@@H]3C(O)[C@H]([O][AlH][I])OC(C)[C@@H]3C)OC(C)[C@H](C)[C@@H]2C)OC(C)[C@@H]1C. The van der Waals surface area contributed by atoms with Crippen LogP contribution in [-0.2, 0) is 48.3 Å². The van der Waals surface area contributed by atoms with Gasteiger partial charge in [0.1, 0.15) is 18.3 Å². The zero-order chi connectivity index (χ0) is 37.1. The van der Waals surface area contributed by atoms with Crippen LogP contribution < -0.4 is 0 Å². The van der Waals surface area contributed by atoms with Gasteiger partial charge in [-0.25, -0.2) is 0 Å². The quantitative estimate of drug-likeness (QED) is 0.213. The van der Waals surface area contributed by atoms with Gasteiger partial charge >= 0.3 is 12.3 Å². The minimum atomic E-state index is -1.10. The van der Waals surface area contributed by atoms with E-state index in [9.17, 15) is 10.2 Å². The number of benzene rings is 1. The van der Waals surface area contributed by atoms with Crippen molar-refractivity contribution in [1.82, 2.24) is 0 Å². The van der Waals surface area contributed by atoms with Crippen molar-refractivity contribution in [2.24, 2.45) is 41.4 Å². The lowest BCUT2D eigenvalue weighted by atomic mass is 9.79. The molecule has 1 aromatic carbocycles. The normalized spacial score (nSPS) is 47.9. The predicted octanol–water partition coefficient (Wildman–Crippen LogP) is 5.21. The molecule has 0 bridgehead atoms. The standard InChI is InChI=1S/C38H61O11.Al.HI.H/c1-18-20(3)29(17-42-16-28-14-12-11-13-15-28)46-36(22(18)5)47-33-24(7)27(10)44-37(31(33)40)49-34-21(4)19(2)25(8)45-38(34)48-32-23(6)26(9)43-35(41)30(32)39;;;/h11-15,18-27,29-40H,16-17H2,1-10H3;;1H;/q-1;+2;;/p-1/t18?,19-,20+,21+,22?,23+,24+,25?,26?,27?,29+,30?,31?,32+,33+,34?,35-,36-,37+,38+;;;/m1.../s1. The molecule has 0 spiro atoms. The summed E-state index contributed by atoms with van der Waals surface area (Å²) in [7, 11) is 0. The predicted molar refractivity (Wildman–Crippen MR) is 201 cm³/mol. The van der Waals surface area contributed by atoms with E-state index < -0.39 is 68.0 Å². The fourth-order valence-electron chi connectivity index (χ4n) is 7.87. The first kappa shape index (κ1) is 42.2. The summed E-state index contributed by atoms with van der Waals surface area (Å²) in [5.74, 6) is 0.522. The van der Waals surface area contributed by atoms with Crippen molar-refractivity contribution in [2.75, 3.05) is 6.61 Å². The van der Waals surface area contributed by atoms with Crippen LogP contribution in [0.4, 0.5) is 0 Å². The van der Waals surface area contributed by atoms with Gasteiger partial charge in [-0.05, 0) is 50.0 Å². The molecule has 4 aliphatic rings. The van der Waals surface area contributed by atoms with Crippen LogP contribution in [0.15, 0.2) is 30.3 Å². The van der Waals surface area contributed by atoms with Crippen molar-refractivity contribution >= 4 is 32.5 Å². The Kier molecular flexibility index (Phi) is 15.5. The summed E-state index contributed by atoms with van der Waals surface area (Å²) in [6.45, 7) is 21.8. The molecule has 4 fully saturated rings. The highest BCUT2D eigenvalue weighted by molar-refractivity contribution is 14.1. The van der Waals surface area contributed by atoms with Gasteiger partial charge in [-0.2, -0.15) is 20.3 Å². The van der Waals surface area contributed by atoms with Crippen molar-refractivity contribution in [3.8, 4) is 0 Å². The van der Waals surface area contributed by atoms with Gasteiger partial charge < -0.3 is 51.9 Å². The van der Waals surface area contributed by atoms with Gasteiger partial charge in [-0.3, -0.25) is 0 Å². The second-order valence-electron chi connectivity index (χ2n) is 15.7. The second-order valence-corrected chi connectivity index (χ2v) is 18.2. The van der Waals surface area contributed by atoms with Crippen LogP contribution in [0, 0.1) is 41.4 Å². The summed E-state index contributed by atoms with van der Waals surface area (Å²) in [5.41, 5.74) is 1.12. The van der Waals surface area contributed by atoms with Gasteiger partial charge in [0.15, 0.2) is 25.2 Å². The number of aliphatic hydroxyl groups excluding tert-OH is 2. The van der Waals surface area contributed by atoms with Crippen molar-refractivity contribution in [2.45, 2.75) is 156 Å². The number of halogens is 1. The molecule has 0 aromatic heterocycles. The van der Waals surface area contributed by atoms with Crippen LogP contribution in [0.2, 0.25) is 0 Å². The number of hydrogen-bond donors (Lipinski definition) is 2. The molecule has 2 N–H and O–H groups in total. The average Bonchev–Trinajstić information content (AvgIpc) is 3.11. The summed E-state index contributed by atoms with van der Waals surface area (Å²) in [4.78, 5) is 0. The zero-order valence-electron chi connectivity index (χ0n) is 32.0. The van der Waals surface area contributed by atoms with Crippen molar-refractivity contribution in [3.05, 3.63) is 35.9 Å². The highest BCUT2D eigenvalue weighted by Crippen LogP contribution is 2.41. The smallest absolute Gasteiger partial charge is 0.470 e. The summed E-state index contributed by atoms with van der Waals surface area (Å²) < 4.78 is 57.5. The maximum Gasteiger partial charge on any atom is 0.527 e. The van der Waals surface area contributed by atoms with Crippen LogP contribution in [0.5, 0.6) is 0 Å². The van der Waals surface area contributed by atoms with E-state index in [1.807, 2.05) is 52.8 Å². The van der Waals surface area contributed by atoms with Crippen LogP contribution in [-0.4, -0.2) is 109 Å². The van der Waals surface area contributed by atoms with Crippen molar-refractivity contribution in [3.63, 3.8) is 0 Å². The van der Waals surface area contributed by atoms with E-state index in [1.165, 1.54) is 0 Å². The van der Waals surface area contributed by atoms with Crippen LogP contribution in [0.3, 0.4) is 0 Å². The fourth-order valence-corrected chi connectivity index (χ4v) is 9.33. The fraction of sp³-hybridized carbons (Fsp3) is 0.842. The number of rotatable bonds is 12. The van der Waals surface area contributed by atoms with E-state index in [1.54, 1.807) is 0 Å². The van der Waals surface area contributed by atoms with Gasteiger partial charge in [0.2, 0.25) is 0 Å². The molecule has 8 unspecified atom stereocenters. The summed E-state index contributed by atoms with van der Waals surface area (Å²) in [6.07, 6.45) is -7.74. The average molecular weight is 849 g/mol.